The zero-order valence-corrected chi connectivity index (χ0v) is 17.8. The lowest BCUT2D eigenvalue weighted by Crippen LogP contribution is -2.40. The molecule has 0 fully saturated rings. The van der Waals surface area contributed by atoms with Gasteiger partial charge in [0.2, 0.25) is 0 Å². The maximum Gasteiger partial charge on any atom is 0.191 e. The molecule has 152 valence electrons. The summed E-state index contributed by atoms with van der Waals surface area (Å²) in [6.45, 7) is 6.73. The molecule has 28 heavy (non-hydrogen) atoms. The van der Waals surface area contributed by atoms with E-state index in [2.05, 4.69) is 62.8 Å². The van der Waals surface area contributed by atoms with E-state index in [9.17, 15) is 0 Å². The van der Waals surface area contributed by atoms with E-state index >= 15 is 0 Å². The van der Waals surface area contributed by atoms with Crippen LogP contribution in [0.4, 0.5) is 0 Å². The standard InChI is InChI=1S/C21H32N6S/c1-3-20-26-24-16-27(20)14-13-23-21(25-17(2)19-10-7-15-28-19)22-12-11-18-8-5-4-6-9-18/h7-8,10,15-17H,3-6,9,11-14H2,1-2H3,(H2,22,23,25). The zero-order valence-electron chi connectivity index (χ0n) is 17.0. The van der Waals surface area contributed by atoms with E-state index in [1.807, 2.05) is 0 Å². The first-order valence-corrected chi connectivity index (χ1v) is 11.3. The highest BCUT2D eigenvalue weighted by molar-refractivity contribution is 7.10. The molecule has 0 bridgehead atoms. The summed E-state index contributed by atoms with van der Waals surface area (Å²) >= 11 is 1.77. The van der Waals surface area contributed by atoms with Gasteiger partial charge in [-0.05, 0) is 50.5 Å². The molecule has 3 rings (SSSR count). The molecule has 0 aromatic carbocycles. The normalized spacial score (nSPS) is 15.9. The maximum atomic E-state index is 4.85. The number of guanidine groups is 1. The molecule has 0 amide bonds. The smallest absolute Gasteiger partial charge is 0.191 e. The van der Waals surface area contributed by atoms with E-state index < -0.39 is 0 Å². The third kappa shape index (κ3) is 6.19. The molecule has 0 saturated carbocycles. The van der Waals surface area contributed by atoms with Crippen molar-refractivity contribution in [1.82, 2.24) is 25.4 Å². The first-order valence-electron chi connectivity index (χ1n) is 10.4. The molecule has 0 radical (unpaired) electrons. The third-order valence-corrected chi connectivity index (χ3v) is 6.12. The van der Waals surface area contributed by atoms with Gasteiger partial charge in [0.05, 0.1) is 6.04 Å². The summed E-state index contributed by atoms with van der Waals surface area (Å²) in [5, 5.41) is 17.3. The van der Waals surface area contributed by atoms with Gasteiger partial charge < -0.3 is 15.2 Å². The fourth-order valence-corrected chi connectivity index (χ4v) is 4.18. The van der Waals surface area contributed by atoms with Gasteiger partial charge in [0, 0.05) is 30.9 Å². The molecule has 2 aromatic rings. The van der Waals surface area contributed by atoms with Crippen LogP contribution in [-0.2, 0) is 13.0 Å². The van der Waals surface area contributed by atoms with Crippen LogP contribution in [0.5, 0.6) is 0 Å². The Morgan fingerprint density at radius 2 is 2.32 bits per heavy atom. The van der Waals surface area contributed by atoms with E-state index in [0.717, 1.165) is 44.3 Å². The Balaban J connectivity index is 1.56. The monoisotopic (exact) mass is 400 g/mol. The molecule has 2 heterocycles. The molecule has 1 atom stereocenters. The van der Waals surface area contributed by atoms with Gasteiger partial charge in [0.25, 0.3) is 0 Å². The fraction of sp³-hybridized carbons (Fsp3) is 0.571. The van der Waals surface area contributed by atoms with E-state index in [-0.39, 0.29) is 6.04 Å². The highest BCUT2D eigenvalue weighted by atomic mass is 32.1. The Labute approximate surface area is 172 Å². The number of hydrogen-bond donors (Lipinski definition) is 2. The molecule has 0 saturated heterocycles. The minimum absolute atomic E-state index is 0.237. The van der Waals surface area contributed by atoms with Crippen LogP contribution < -0.4 is 10.6 Å². The fourth-order valence-electron chi connectivity index (χ4n) is 3.44. The van der Waals surface area contributed by atoms with Crippen molar-refractivity contribution in [3.05, 3.63) is 46.2 Å². The van der Waals surface area contributed by atoms with Crippen molar-refractivity contribution < 1.29 is 0 Å². The molecule has 7 heteroatoms. The predicted molar refractivity (Wildman–Crippen MR) is 117 cm³/mol. The summed E-state index contributed by atoms with van der Waals surface area (Å²) in [5.41, 5.74) is 1.57. The zero-order chi connectivity index (χ0) is 19.6. The minimum atomic E-state index is 0.237. The van der Waals surface area contributed by atoms with Gasteiger partial charge in [-0.3, -0.25) is 4.99 Å². The highest BCUT2D eigenvalue weighted by Gasteiger charge is 2.10. The summed E-state index contributed by atoms with van der Waals surface area (Å²) < 4.78 is 2.10. The van der Waals surface area contributed by atoms with E-state index in [1.54, 1.807) is 23.2 Å². The van der Waals surface area contributed by atoms with Crippen LogP contribution in [0.25, 0.3) is 0 Å². The summed E-state index contributed by atoms with van der Waals surface area (Å²) in [6, 6.07) is 4.49. The van der Waals surface area contributed by atoms with Gasteiger partial charge in [-0.1, -0.05) is 24.6 Å². The van der Waals surface area contributed by atoms with Crippen LogP contribution in [-0.4, -0.2) is 33.8 Å². The van der Waals surface area contributed by atoms with Crippen LogP contribution >= 0.6 is 11.3 Å². The van der Waals surface area contributed by atoms with Crippen LogP contribution in [0.2, 0.25) is 0 Å². The Kier molecular flexibility index (Phi) is 8.08. The lowest BCUT2D eigenvalue weighted by Gasteiger charge is -2.18. The number of aliphatic imine (C=N–C) groups is 1. The highest BCUT2D eigenvalue weighted by Crippen LogP contribution is 2.20. The number of rotatable bonds is 9. The summed E-state index contributed by atoms with van der Waals surface area (Å²) in [5.74, 6) is 1.90. The second-order valence-corrected chi connectivity index (χ2v) is 8.17. The van der Waals surface area contributed by atoms with Gasteiger partial charge in [-0.15, -0.1) is 21.5 Å². The van der Waals surface area contributed by atoms with Crippen molar-refractivity contribution in [2.45, 2.75) is 65.0 Å². The van der Waals surface area contributed by atoms with E-state index in [4.69, 9.17) is 4.99 Å². The molecule has 1 aliphatic rings. The number of allylic oxidation sites excluding steroid dienone is 1. The van der Waals surface area contributed by atoms with Crippen molar-refractivity contribution in [2.24, 2.45) is 4.99 Å². The molecule has 2 N–H and O–H groups in total. The summed E-state index contributed by atoms with van der Waals surface area (Å²) in [6.07, 6.45) is 11.3. The van der Waals surface area contributed by atoms with Crippen molar-refractivity contribution in [3.8, 4) is 0 Å². The molecule has 1 unspecified atom stereocenters. The molecule has 2 aromatic heterocycles. The van der Waals surface area contributed by atoms with Crippen LogP contribution in [0, 0.1) is 0 Å². The largest absolute Gasteiger partial charge is 0.355 e. The molecule has 0 spiro atoms. The van der Waals surface area contributed by atoms with Gasteiger partial charge in [-0.2, -0.15) is 0 Å². The Hall–Kier alpha value is -2.15. The average Bonchev–Trinajstić information content (AvgIpc) is 3.40. The summed E-state index contributed by atoms with van der Waals surface area (Å²) in [4.78, 5) is 6.16. The average molecular weight is 401 g/mol. The lowest BCUT2D eigenvalue weighted by molar-refractivity contribution is 0.620. The number of aryl methyl sites for hydroxylation is 1. The van der Waals surface area contributed by atoms with E-state index in [0.29, 0.717) is 0 Å². The third-order valence-electron chi connectivity index (χ3n) is 5.07. The Morgan fingerprint density at radius 3 is 3.07 bits per heavy atom. The van der Waals surface area contributed by atoms with Crippen LogP contribution in [0.15, 0.2) is 40.5 Å². The number of aromatic nitrogens is 3. The maximum absolute atomic E-state index is 4.85. The molecule has 0 aliphatic heterocycles. The van der Waals surface area contributed by atoms with Crippen molar-refractivity contribution >= 4 is 17.3 Å². The molecule has 1 aliphatic carbocycles. The van der Waals surface area contributed by atoms with Crippen molar-refractivity contribution in [3.63, 3.8) is 0 Å². The molecular weight excluding hydrogens is 368 g/mol. The quantitative estimate of drug-likeness (QED) is 0.378. The lowest BCUT2D eigenvalue weighted by atomic mass is 9.97. The predicted octanol–water partition coefficient (Wildman–Crippen LogP) is 4.09. The number of nitrogens with zero attached hydrogens (tertiary/aromatic N) is 4. The Morgan fingerprint density at radius 1 is 1.39 bits per heavy atom. The van der Waals surface area contributed by atoms with Crippen LogP contribution in [0.1, 0.15) is 62.7 Å². The SMILES string of the molecule is CCc1nncn1CCNC(=NCCC1=CCCCC1)NC(C)c1cccs1. The van der Waals surface area contributed by atoms with Gasteiger partial charge >= 0.3 is 0 Å². The van der Waals surface area contributed by atoms with Crippen molar-refractivity contribution in [1.29, 1.82) is 0 Å². The molecule has 6 nitrogen and oxygen atoms in total. The van der Waals surface area contributed by atoms with Gasteiger partial charge in [-0.25, -0.2) is 0 Å². The van der Waals surface area contributed by atoms with Gasteiger partial charge in [0.1, 0.15) is 12.2 Å². The topological polar surface area (TPSA) is 67.1 Å². The van der Waals surface area contributed by atoms with Gasteiger partial charge in [0.15, 0.2) is 5.96 Å². The minimum Gasteiger partial charge on any atom is -0.355 e. The second-order valence-electron chi connectivity index (χ2n) is 7.19. The molecular formula is C21H32N6S. The van der Waals surface area contributed by atoms with Crippen molar-refractivity contribution in [2.75, 3.05) is 13.1 Å². The Bertz CT molecular complexity index is 762. The second kappa shape index (κ2) is 11.0. The number of nitrogens with one attached hydrogen (secondary N) is 2. The summed E-state index contributed by atoms with van der Waals surface area (Å²) in [7, 11) is 0. The van der Waals surface area contributed by atoms with E-state index in [1.165, 1.54) is 30.6 Å². The number of thiophene rings is 1. The first kappa shape index (κ1) is 20.6. The van der Waals surface area contributed by atoms with Crippen LogP contribution in [0.3, 0.4) is 0 Å². The first-order chi connectivity index (χ1) is 13.8. The number of hydrogen-bond acceptors (Lipinski definition) is 4.